The van der Waals surface area contributed by atoms with Crippen LogP contribution in [0, 0.1) is 0 Å². The highest BCUT2D eigenvalue weighted by molar-refractivity contribution is 7.13. The molecule has 180 valence electrons. The van der Waals surface area contributed by atoms with Gasteiger partial charge in [-0.3, -0.25) is 9.59 Å². The second-order valence-electron chi connectivity index (χ2n) is 7.51. The van der Waals surface area contributed by atoms with E-state index in [0.717, 1.165) is 21.9 Å². The molecule has 0 aliphatic heterocycles. The Hall–Kier alpha value is -4.05. The van der Waals surface area contributed by atoms with Gasteiger partial charge >= 0.3 is 0 Å². The highest BCUT2D eigenvalue weighted by Crippen LogP contribution is 2.23. The second-order valence-corrected chi connectivity index (χ2v) is 8.46. The van der Waals surface area contributed by atoms with E-state index >= 15 is 0 Å². The van der Waals surface area contributed by atoms with Gasteiger partial charge in [0.25, 0.3) is 5.56 Å². The Morgan fingerprint density at radius 2 is 1.83 bits per heavy atom. The summed E-state index contributed by atoms with van der Waals surface area (Å²) in [5.41, 5.74) is 1.81. The lowest BCUT2D eigenvalue weighted by Crippen LogP contribution is -2.38. The van der Waals surface area contributed by atoms with Crippen molar-refractivity contribution in [2.45, 2.75) is 19.9 Å². The zero-order chi connectivity index (χ0) is 24.6. The van der Waals surface area contributed by atoms with E-state index in [-0.39, 0.29) is 24.6 Å². The van der Waals surface area contributed by atoms with Crippen molar-refractivity contribution in [2.24, 2.45) is 0 Å². The van der Waals surface area contributed by atoms with Gasteiger partial charge in [0.2, 0.25) is 11.8 Å². The largest absolute Gasteiger partial charge is 0.494 e. The van der Waals surface area contributed by atoms with Gasteiger partial charge in [-0.05, 0) is 61.7 Å². The molecule has 4 aromatic rings. The first kappa shape index (κ1) is 24.1. The fourth-order valence-corrected chi connectivity index (χ4v) is 3.98. The van der Waals surface area contributed by atoms with E-state index in [1.54, 1.807) is 30.4 Å². The highest BCUT2D eigenvalue weighted by atomic mass is 32.1. The first-order valence-corrected chi connectivity index (χ1v) is 12.0. The monoisotopic (exact) mass is 491 g/mol. The molecule has 0 fully saturated rings. The van der Waals surface area contributed by atoms with Crippen LogP contribution in [0.25, 0.3) is 21.8 Å². The lowest BCUT2D eigenvalue weighted by molar-refractivity contribution is -0.124. The summed E-state index contributed by atoms with van der Waals surface area (Å²) >= 11 is 1.58. The normalized spacial score (nSPS) is 11.6. The SMILES string of the molecule is CCOc1ccc(-c2ccc(=O)n(C(C)C(=O)NCCOc3ccc(-c4cccs4)nn3)n2)cc1. The van der Waals surface area contributed by atoms with Crippen LogP contribution in [0.15, 0.2) is 70.8 Å². The predicted octanol–water partition coefficient (Wildman–Crippen LogP) is 3.58. The number of thiophene rings is 1. The molecule has 4 rings (SSSR count). The van der Waals surface area contributed by atoms with Gasteiger partial charge in [0.05, 0.1) is 23.7 Å². The molecular weight excluding hydrogens is 466 g/mol. The smallest absolute Gasteiger partial charge is 0.267 e. The molecule has 1 N–H and O–H groups in total. The molecule has 0 aliphatic rings. The van der Waals surface area contributed by atoms with E-state index in [1.165, 1.54) is 10.7 Å². The molecule has 1 atom stereocenters. The number of nitrogens with zero attached hydrogens (tertiary/aromatic N) is 4. The van der Waals surface area contributed by atoms with E-state index in [2.05, 4.69) is 20.6 Å². The fraction of sp³-hybridized carbons (Fsp3) is 0.240. The third kappa shape index (κ3) is 6.10. The van der Waals surface area contributed by atoms with Crippen LogP contribution in [0.4, 0.5) is 0 Å². The number of carbonyl (C=O) groups is 1. The van der Waals surface area contributed by atoms with Crippen LogP contribution in [0.3, 0.4) is 0 Å². The zero-order valence-corrected chi connectivity index (χ0v) is 20.2. The summed E-state index contributed by atoms with van der Waals surface area (Å²) in [6, 6.07) is 17.2. The third-order valence-electron chi connectivity index (χ3n) is 5.10. The predicted molar refractivity (Wildman–Crippen MR) is 134 cm³/mol. The van der Waals surface area contributed by atoms with Crippen LogP contribution in [-0.2, 0) is 4.79 Å². The molecule has 1 aromatic carbocycles. The van der Waals surface area contributed by atoms with E-state index in [9.17, 15) is 9.59 Å². The Kier molecular flexibility index (Phi) is 7.84. The van der Waals surface area contributed by atoms with Crippen molar-refractivity contribution < 1.29 is 14.3 Å². The average molecular weight is 492 g/mol. The maximum Gasteiger partial charge on any atom is 0.267 e. The summed E-state index contributed by atoms with van der Waals surface area (Å²) < 4.78 is 12.2. The Balaban J connectivity index is 1.32. The van der Waals surface area contributed by atoms with Crippen molar-refractivity contribution in [3.63, 3.8) is 0 Å². The topological polar surface area (TPSA) is 108 Å². The minimum absolute atomic E-state index is 0.208. The molecule has 0 saturated heterocycles. The van der Waals surface area contributed by atoms with Gasteiger partial charge in [0.1, 0.15) is 24.1 Å². The van der Waals surface area contributed by atoms with Crippen LogP contribution in [0.1, 0.15) is 19.9 Å². The molecule has 1 amide bonds. The van der Waals surface area contributed by atoms with Gasteiger partial charge in [0.15, 0.2) is 0 Å². The van der Waals surface area contributed by atoms with Gasteiger partial charge < -0.3 is 14.8 Å². The third-order valence-corrected chi connectivity index (χ3v) is 5.99. The molecule has 3 heterocycles. The van der Waals surface area contributed by atoms with E-state index < -0.39 is 6.04 Å². The van der Waals surface area contributed by atoms with E-state index in [1.807, 2.05) is 54.8 Å². The number of nitrogens with one attached hydrogen (secondary N) is 1. The summed E-state index contributed by atoms with van der Waals surface area (Å²) in [6.07, 6.45) is 0. The van der Waals surface area contributed by atoms with Gasteiger partial charge in [-0.2, -0.15) is 5.10 Å². The number of carbonyl (C=O) groups excluding carboxylic acids is 1. The van der Waals surface area contributed by atoms with Crippen molar-refractivity contribution in [3.05, 3.63) is 76.4 Å². The lowest BCUT2D eigenvalue weighted by Gasteiger charge is -2.15. The Morgan fingerprint density at radius 3 is 2.51 bits per heavy atom. The molecule has 35 heavy (non-hydrogen) atoms. The number of rotatable bonds is 10. The molecular formula is C25H25N5O4S. The summed E-state index contributed by atoms with van der Waals surface area (Å²) in [6.45, 7) is 4.57. The quantitative estimate of drug-likeness (QED) is 0.338. The van der Waals surface area contributed by atoms with Crippen molar-refractivity contribution in [3.8, 4) is 33.5 Å². The fourth-order valence-electron chi connectivity index (χ4n) is 3.29. The summed E-state index contributed by atoms with van der Waals surface area (Å²) in [7, 11) is 0. The van der Waals surface area contributed by atoms with Crippen molar-refractivity contribution >= 4 is 17.2 Å². The highest BCUT2D eigenvalue weighted by Gasteiger charge is 2.18. The van der Waals surface area contributed by atoms with E-state index in [0.29, 0.717) is 18.2 Å². The van der Waals surface area contributed by atoms with Crippen LogP contribution in [0.5, 0.6) is 11.6 Å². The van der Waals surface area contributed by atoms with Crippen molar-refractivity contribution in [2.75, 3.05) is 19.8 Å². The molecule has 9 nitrogen and oxygen atoms in total. The lowest BCUT2D eigenvalue weighted by atomic mass is 10.1. The molecule has 1 unspecified atom stereocenters. The first-order valence-electron chi connectivity index (χ1n) is 11.2. The number of hydrogen-bond donors (Lipinski definition) is 1. The Labute approximate surface area is 206 Å². The molecule has 0 saturated carbocycles. The minimum atomic E-state index is -0.796. The summed E-state index contributed by atoms with van der Waals surface area (Å²) in [4.78, 5) is 26.0. The number of ether oxygens (including phenoxy) is 2. The van der Waals surface area contributed by atoms with Gasteiger partial charge in [-0.1, -0.05) is 6.07 Å². The Bertz CT molecular complexity index is 1310. The number of aromatic nitrogens is 4. The first-order chi connectivity index (χ1) is 17.0. The summed E-state index contributed by atoms with van der Waals surface area (Å²) in [5.74, 6) is 0.781. The number of benzene rings is 1. The second kappa shape index (κ2) is 11.4. The van der Waals surface area contributed by atoms with Gasteiger partial charge in [-0.25, -0.2) is 4.68 Å². The number of hydrogen-bond acceptors (Lipinski definition) is 8. The van der Waals surface area contributed by atoms with Crippen molar-refractivity contribution in [1.29, 1.82) is 0 Å². The zero-order valence-electron chi connectivity index (χ0n) is 19.4. The standard InChI is InChI=1S/C25H25N5O4S/c1-3-33-19-8-6-18(7-9-19)20-11-13-24(31)30(29-20)17(2)25(32)26-14-15-34-23-12-10-21(27-28-23)22-5-4-16-35-22/h4-13,16-17H,3,14-15H2,1-2H3,(H,26,32). The molecule has 10 heteroatoms. The van der Waals surface area contributed by atoms with Crippen molar-refractivity contribution in [1.82, 2.24) is 25.3 Å². The molecule has 0 radical (unpaired) electrons. The molecule has 0 spiro atoms. The Morgan fingerprint density at radius 1 is 1.03 bits per heavy atom. The van der Waals surface area contributed by atoms with Crippen LogP contribution in [0.2, 0.25) is 0 Å². The van der Waals surface area contributed by atoms with E-state index in [4.69, 9.17) is 9.47 Å². The molecule has 0 bridgehead atoms. The molecule has 0 aliphatic carbocycles. The average Bonchev–Trinajstić information content (AvgIpc) is 3.43. The minimum Gasteiger partial charge on any atom is -0.494 e. The number of amides is 1. The van der Waals surface area contributed by atoms with Crippen LogP contribution < -0.4 is 20.3 Å². The van der Waals surface area contributed by atoms with Gasteiger partial charge in [0, 0.05) is 17.7 Å². The summed E-state index contributed by atoms with van der Waals surface area (Å²) in [5, 5.41) is 17.4. The van der Waals surface area contributed by atoms with Crippen LogP contribution >= 0.6 is 11.3 Å². The molecule has 3 aromatic heterocycles. The maximum atomic E-state index is 12.6. The van der Waals surface area contributed by atoms with Crippen LogP contribution in [-0.4, -0.2) is 45.6 Å². The maximum absolute atomic E-state index is 12.6. The van der Waals surface area contributed by atoms with Gasteiger partial charge in [-0.15, -0.1) is 21.5 Å².